The van der Waals surface area contributed by atoms with E-state index >= 15 is 0 Å². The predicted octanol–water partition coefficient (Wildman–Crippen LogP) is 2.53. The molecule has 0 spiro atoms. The normalized spacial score (nSPS) is 12.2. The van der Waals surface area contributed by atoms with Gasteiger partial charge in [-0.2, -0.15) is 5.10 Å². The van der Waals surface area contributed by atoms with Crippen molar-refractivity contribution in [3.8, 4) is 0 Å². The molecule has 5 heteroatoms. The van der Waals surface area contributed by atoms with Crippen molar-refractivity contribution in [3.63, 3.8) is 0 Å². The third-order valence-electron chi connectivity index (χ3n) is 2.93. The van der Waals surface area contributed by atoms with E-state index in [0.717, 1.165) is 12.2 Å². The molecule has 1 aromatic carbocycles. The highest BCUT2D eigenvalue weighted by molar-refractivity contribution is 5.94. The molecule has 2 aromatic rings. The van der Waals surface area contributed by atoms with Gasteiger partial charge in [0.1, 0.15) is 5.82 Å². The van der Waals surface area contributed by atoms with Crippen LogP contribution in [0.4, 0.5) is 4.39 Å². The van der Waals surface area contributed by atoms with Gasteiger partial charge < -0.3 is 5.32 Å². The van der Waals surface area contributed by atoms with Gasteiger partial charge in [-0.3, -0.25) is 9.48 Å². The monoisotopic (exact) mass is 261 g/mol. The van der Waals surface area contributed by atoms with Gasteiger partial charge in [0, 0.05) is 18.3 Å². The van der Waals surface area contributed by atoms with Crippen LogP contribution < -0.4 is 5.32 Å². The van der Waals surface area contributed by atoms with E-state index in [0.29, 0.717) is 5.56 Å². The van der Waals surface area contributed by atoms with E-state index in [9.17, 15) is 9.18 Å². The average molecular weight is 261 g/mol. The van der Waals surface area contributed by atoms with Crippen LogP contribution in [0.15, 0.2) is 36.5 Å². The molecular weight excluding hydrogens is 245 g/mol. The molecule has 0 aliphatic rings. The van der Waals surface area contributed by atoms with Gasteiger partial charge in [0.05, 0.1) is 11.7 Å². The first kappa shape index (κ1) is 13.3. The second-order valence-electron chi connectivity index (χ2n) is 4.28. The lowest BCUT2D eigenvalue weighted by atomic mass is 10.1. The summed E-state index contributed by atoms with van der Waals surface area (Å²) >= 11 is 0. The fourth-order valence-electron chi connectivity index (χ4n) is 1.96. The largest absolute Gasteiger partial charge is 0.344 e. The SMILES string of the molecule is CCn1nccc1C(C)NC(=O)c1cccc(F)c1. The first-order valence-corrected chi connectivity index (χ1v) is 6.20. The molecule has 1 atom stereocenters. The zero-order chi connectivity index (χ0) is 13.8. The summed E-state index contributed by atoms with van der Waals surface area (Å²) in [6.07, 6.45) is 1.70. The van der Waals surface area contributed by atoms with Gasteiger partial charge in [-0.15, -0.1) is 0 Å². The molecule has 1 heterocycles. The molecule has 19 heavy (non-hydrogen) atoms. The van der Waals surface area contributed by atoms with Gasteiger partial charge in [-0.1, -0.05) is 6.07 Å². The number of amides is 1. The number of nitrogens with zero attached hydrogens (tertiary/aromatic N) is 2. The maximum atomic E-state index is 13.1. The van der Waals surface area contributed by atoms with E-state index in [4.69, 9.17) is 0 Å². The van der Waals surface area contributed by atoms with Crippen LogP contribution in [0.2, 0.25) is 0 Å². The Labute approximate surface area is 111 Å². The minimum atomic E-state index is -0.418. The third kappa shape index (κ3) is 2.99. The standard InChI is InChI=1S/C14H16FN3O/c1-3-18-13(7-8-16-18)10(2)17-14(19)11-5-4-6-12(15)9-11/h4-10H,3H2,1-2H3,(H,17,19). The lowest BCUT2D eigenvalue weighted by Crippen LogP contribution is -2.28. The van der Waals surface area contributed by atoms with Crippen molar-refractivity contribution < 1.29 is 9.18 Å². The third-order valence-corrected chi connectivity index (χ3v) is 2.93. The molecule has 0 radical (unpaired) electrons. The van der Waals surface area contributed by atoms with Crippen molar-refractivity contribution in [1.29, 1.82) is 0 Å². The highest BCUT2D eigenvalue weighted by Gasteiger charge is 2.14. The Hall–Kier alpha value is -2.17. The Kier molecular flexibility index (Phi) is 3.94. The summed E-state index contributed by atoms with van der Waals surface area (Å²) in [4.78, 5) is 12.0. The molecule has 1 unspecified atom stereocenters. The number of aromatic nitrogens is 2. The Morgan fingerprint density at radius 3 is 2.95 bits per heavy atom. The first-order valence-electron chi connectivity index (χ1n) is 6.20. The van der Waals surface area contributed by atoms with Crippen molar-refractivity contribution in [2.24, 2.45) is 0 Å². The van der Waals surface area contributed by atoms with Crippen molar-refractivity contribution >= 4 is 5.91 Å². The highest BCUT2D eigenvalue weighted by Crippen LogP contribution is 2.13. The quantitative estimate of drug-likeness (QED) is 0.919. The fraction of sp³-hybridized carbons (Fsp3) is 0.286. The minimum Gasteiger partial charge on any atom is -0.344 e. The number of carbonyl (C=O) groups is 1. The van der Waals surface area contributed by atoms with Crippen LogP contribution in [0.5, 0.6) is 0 Å². The molecule has 1 amide bonds. The van der Waals surface area contributed by atoms with Crippen LogP contribution in [0, 0.1) is 5.82 Å². The number of rotatable bonds is 4. The topological polar surface area (TPSA) is 46.9 Å². The number of nitrogens with one attached hydrogen (secondary N) is 1. The second-order valence-corrected chi connectivity index (χ2v) is 4.28. The number of hydrogen-bond donors (Lipinski definition) is 1. The van der Waals surface area contributed by atoms with E-state index < -0.39 is 5.82 Å². The number of hydrogen-bond acceptors (Lipinski definition) is 2. The van der Waals surface area contributed by atoms with Crippen LogP contribution >= 0.6 is 0 Å². The Morgan fingerprint density at radius 1 is 1.47 bits per heavy atom. The molecule has 0 aliphatic heterocycles. The van der Waals surface area contributed by atoms with E-state index in [1.54, 1.807) is 12.3 Å². The average Bonchev–Trinajstić information content (AvgIpc) is 2.87. The number of benzene rings is 1. The Bertz CT molecular complexity index is 580. The summed E-state index contributed by atoms with van der Waals surface area (Å²) in [6.45, 7) is 4.60. The smallest absolute Gasteiger partial charge is 0.251 e. The summed E-state index contributed by atoms with van der Waals surface area (Å²) in [5.74, 6) is -0.713. The van der Waals surface area contributed by atoms with Crippen molar-refractivity contribution in [1.82, 2.24) is 15.1 Å². The van der Waals surface area contributed by atoms with E-state index in [2.05, 4.69) is 10.4 Å². The first-order chi connectivity index (χ1) is 9.11. The van der Waals surface area contributed by atoms with Crippen molar-refractivity contribution in [3.05, 3.63) is 53.6 Å². The molecule has 0 fully saturated rings. The lowest BCUT2D eigenvalue weighted by molar-refractivity contribution is 0.0938. The zero-order valence-corrected chi connectivity index (χ0v) is 10.9. The zero-order valence-electron chi connectivity index (χ0n) is 10.9. The minimum absolute atomic E-state index is 0.182. The van der Waals surface area contributed by atoms with Crippen LogP contribution in [0.25, 0.3) is 0 Å². The van der Waals surface area contributed by atoms with Gasteiger partial charge in [-0.05, 0) is 38.1 Å². The summed E-state index contributed by atoms with van der Waals surface area (Å²) in [6, 6.07) is 7.32. The van der Waals surface area contributed by atoms with Gasteiger partial charge in [0.15, 0.2) is 0 Å². The molecule has 0 bridgehead atoms. The fourth-order valence-corrected chi connectivity index (χ4v) is 1.96. The molecule has 2 rings (SSSR count). The summed E-state index contributed by atoms with van der Waals surface area (Å²) in [5, 5.41) is 6.99. The van der Waals surface area contributed by atoms with Crippen LogP contribution in [0.1, 0.15) is 35.9 Å². The molecule has 0 aliphatic carbocycles. The van der Waals surface area contributed by atoms with E-state index in [-0.39, 0.29) is 11.9 Å². The molecule has 0 saturated carbocycles. The lowest BCUT2D eigenvalue weighted by Gasteiger charge is -2.15. The van der Waals surface area contributed by atoms with E-state index in [1.165, 1.54) is 18.2 Å². The highest BCUT2D eigenvalue weighted by atomic mass is 19.1. The molecule has 100 valence electrons. The summed E-state index contributed by atoms with van der Waals surface area (Å²) < 4.78 is 14.9. The predicted molar refractivity (Wildman–Crippen MR) is 70.2 cm³/mol. The number of halogens is 1. The molecule has 0 saturated heterocycles. The van der Waals surface area contributed by atoms with E-state index in [1.807, 2.05) is 24.6 Å². The summed E-state index contributed by atoms with van der Waals surface area (Å²) in [7, 11) is 0. The number of carbonyl (C=O) groups excluding carboxylic acids is 1. The molecule has 1 N–H and O–H groups in total. The van der Waals surface area contributed by atoms with Crippen LogP contribution in [-0.4, -0.2) is 15.7 Å². The van der Waals surface area contributed by atoms with Gasteiger partial charge in [0.2, 0.25) is 0 Å². The van der Waals surface area contributed by atoms with Gasteiger partial charge in [0.25, 0.3) is 5.91 Å². The van der Waals surface area contributed by atoms with Crippen molar-refractivity contribution in [2.45, 2.75) is 26.4 Å². The Morgan fingerprint density at radius 2 is 2.26 bits per heavy atom. The number of aryl methyl sites for hydroxylation is 1. The second kappa shape index (κ2) is 5.65. The molecule has 4 nitrogen and oxygen atoms in total. The van der Waals surface area contributed by atoms with Gasteiger partial charge >= 0.3 is 0 Å². The van der Waals surface area contributed by atoms with Crippen LogP contribution in [0.3, 0.4) is 0 Å². The molecular formula is C14H16FN3O. The maximum Gasteiger partial charge on any atom is 0.251 e. The van der Waals surface area contributed by atoms with Crippen molar-refractivity contribution in [2.75, 3.05) is 0 Å². The maximum absolute atomic E-state index is 13.1. The molecule has 1 aromatic heterocycles. The van der Waals surface area contributed by atoms with Gasteiger partial charge in [-0.25, -0.2) is 4.39 Å². The Balaban J connectivity index is 2.11. The summed E-state index contributed by atoms with van der Waals surface area (Å²) in [5.41, 5.74) is 1.24. The van der Waals surface area contributed by atoms with Crippen LogP contribution in [-0.2, 0) is 6.54 Å².